The molecular weight excluding hydrogens is 290 g/mol. The lowest BCUT2D eigenvalue weighted by atomic mass is 9.94. The zero-order valence-corrected chi connectivity index (χ0v) is 13.7. The first-order valence-electron chi connectivity index (χ1n) is 8.43. The number of nitrogens with zero attached hydrogens (tertiary/aromatic N) is 1. The minimum atomic E-state index is 0.208. The predicted octanol–water partition coefficient (Wildman–Crippen LogP) is 3.17. The predicted molar refractivity (Wildman–Crippen MR) is 88.2 cm³/mol. The van der Waals surface area contributed by atoms with Crippen molar-refractivity contribution in [3.63, 3.8) is 0 Å². The van der Waals surface area contributed by atoms with Crippen molar-refractivity contribution in [2.24, 2.45) is 11.8 Å². The van der Waals surface area contributed by atoms with Gasteiger partial charge in [0.2, 0.25) is 5.91 Å². The SMILES string of the molecule is COC1[C@@H]2CC[C@H]1CN(C(=O)Cc1coc3cc(C)ccc13)C2. The van der Waals surface area contributed by atoms with Gasteiger partial charge in [-0.05, 0) is 31.4 Å². The van der Waals surface area contributed by atoms with Crippen LogP contribution >= 0.6 is 0 Å². The molecule has 4 rings (SSSR count). The van der Waals surface area contributed by atoms with E-state index < -0.39 is 0 Å². The van der Waals surface area contributed by atoms with Crippen LogP contribution in [0.5, 0.6) is 0 Å². The average Bonchev–Trinajstić information content (AvgIpc) is 3.04. The van der Waals surface area contributed by atoms with Crippen molar-refractivity contribution >= 4 is 16.9 Å². The highest BCUT2D eigenvalue weighted by Crippen LogP contribution is 2.38. The Morgan fingerprint density at radius 2 is 2.04 bits per heavy atom. The Morgan fingerprint density at radius 1 is 1.30 bits per heavy atom. The van der Waals surface area contributed by atoms with E-state index >= 15 is 0 Å². The summed E-state index contributed by atoms with van der Waals surface area (Å²) in [6.07, 6.45) is 4.87. The van der Waals surface area contributed by atoms with E-state index in [1.807, 2.05) is 17.9 Å². The molecule has 0 radical (unpaired) electrons. The Bertz CT molecular complexity index is 721. The van der Waals surface area contributed by atoms with E-state index in [9.17, 15) is 4.79 Å². The number of likely N-dealkylation sites (tertiary alicyclic amines) is 1. The van der Waals surface area contributed by atoms with Gasteiger partial charge in [-0.2, -0.15) is 0 Å². The lowest BCUT2D eigenvalue weighted by molar-refractivity contribution is -0.135. The number of piperidine rings is 1. The van der Waals surface area contributed by atoms with Crippen LogP contribution in [0.2, 0.25) is 0 Å². The van der Waals surface area contributed by atoms with Crippen molar-refractivity contribution in [1.29, 1.82) is 0 Å². The summed E-state index contributed by atoms with van der Waals surface area (Å²) in [4.78, 5) is 14.8. The van der Waals surface area contributed by atoms with E-state index in [0.29, 0.717) is 24.4 Å². The third-order valence-electron chi connectivity index (χ3n) is 5.53. The number of benzene rings is 1. The van der Waals surface area contributed by atoms with E-state index in [0.717, 1.165) is 29.6 Å². The minimum Gasteiger partial charge on any atom is -0.464 e. The molecule has 1 unspecified atom stereocenters. The van der Waals surface area contributed by atoms with Crippen LogP contribution in [0.4, 0.5) is 0 Å². The molecule has 2 heterocycles. The van der Waals surface area contributed by atoms with Gasteiger partial charge in [0.15, 0.2) is 0 Å². The molecule has 0 spiro atoms. The number of carbonyl (C=O) groups excluding carboxylic acids is 1. The molecule has 1 aromatic carbocycles. The van der Waals surface area contributed by atoms with Crippen LogP contribution in [0, 0.1) is 18.8 Å². The van der Waals surface area contributed by atoms with Gasteiger partial charge in [0.05, 0.1) is 18.8 Å². The van der Waals surface area contributed by atoms with Crippen LogP contribution in [0.1, 0.15) is 24.0 Å². The summed E-state index contributed by atoms with van der Waals surface area (Å²) in [6.45, 7) is 3.72. The van der Waals surface area contributed by atoms with Crippen LogP contribution in [0.15, 0.2) is 28.9 Å². The highest BCUT2D eigenvalue weighted by molar-refractivity contribution is 5.88. The van der Waals surface area contributed by atoms with Gasteiger partial charge >= 0.3 is 0 Å². The molecule has 1 saturated heterocycles. The third-order valence-corrected chi connectivity index (χ3v) is 5.53. The summed E-state index contributed by atoms with van der Waals surface area (Å²) in [5.41, 5.74) is 3.03. The Morgan fingerprint density at radius 3 is 2.74 bits per heavy atom. The second-order valence-corrected chi connectivity index (χ2v) is 7.03. The molecular formula is C19H23NO3. The number of hydrogen-bond donors (Lipinski definition) is 0. The molecule has 2 aromatic rings. The topological polar surface area (TPSA) is 42.7 Å². The highest BCUT2D eigenvalue weighted by Gasteiger charge is 2.43. The maximum Gasteiger partial charge on any atom is 0.227 e. The second kappa shape index (κ2) is 5.68. The highest BCUT2D eigenvalue weighted by atomic mass is 16.5. The van der Waals surface area contributed by atoms with Crippen molar-refractivity contribution < 1.29 is 13.9 Å². The molecule has 1 aliphatic heterocycles. The molecule has 0 N–H and O–H groups in total. The standard InChI is InChI=1S/C19H23NO3/c1-12-3-6-16-15(11-23-17(16)7-12)8-18(21)20-9-13-4-5-14(10-20)19(13)22-2/h3,6-7,11,13-14,19H,4-5,8-10H2,1-2H3/t13-,14+,19?. The van der Waals surface area contributed by atoms with Gasteiger partial charge in [0.25, 0.3) is 0 Å². The molecule has 1 aromatic heterocycles. The fourth-order valence-electron chi connectivity index (χ4n) is 4.36. The molecule has 1 amide bonds. The molecule has 4 nitrogen and oxygen atoms in total. The first kappa shape index (κ1) is 14.8. The molecule has 2 fully saturated rings. The fourth-order valence-corrected chi connectivity index (χ4v) is 4.36. The molecule has 3 atom stereocenters. The quantitative estimate of drug-likeness (QED) is 0.874. The number of fused-ring (bicyclic) bond motifs is 3. The average molecular weight is 313 g/mol. The number of methoxy groups -OCH3 is 1. The normalized spacial score (nSPS) is 26.9. The van der Waals surface area contributed by atoms with E-state index in [1.165, 1.54) is 18.4 Å². The summed E-state index contributed by atoms with van der Waals surface area (Å²) in [7, 11) is 1.80. The van der Waals surface area contributed by atoms with Crippen LogP contribution in [0.25, 0.3) is 11.0 Å². The largest absolute Gasteiger partial charge is 0.464 e. The second-order valence-electron chi connectivity index (χ2n) is 7.03. The number of hydrogen-bond acceptors (Lipinski definition) is 3. The van der Waals surface area contributed by atoms with Crippen LogP contribution < -0.4 is 0 Å². The molecule has 2 aliphatic rings. The molecule has 4 heteroatoms. The van der Waals surface area contributed by atoms with Crippen molar-refractivity contribution in [1.82, 2.24) is 4.90 Å². The molecule has 122 valence electrons. The van der Waals surface area contributed by atoms with E-state index in [2.05, 4.69) is 12.1 Å². The fraction of sp³-hybridized carbons (Fsp3) is 0.526. The molecule has 1 saturated carbocycles. The van der Waals surface area contributed by atoms with Crippen molar-refractivity contribution in [2.75, 3.05) is 20.2 Å². The smallest absolute Gasteiger partial charge is 0.227 e. The van der Waals surface area contributed by atoms with Gasteiger partial charge in [-0.3, -0.25) is 4.79 Å². The summed E-state index contributed by atoms with van der Waals surface area (Å²) in [6, 6.07) is 6.14. The number of amides is 1. The van der Waals surface area contributed by atoms with E-state index in [1.54, 1.807) is 13.4 Å². The van der Waals surface area contributed by atoms with Crippen molar-refractivity contribution in [2.45, 2.75) is 32.3 Å². The lowest BCUT2D eigenvalue weighted by Crippen LogP contribution is -2.48. The zero-order valence-electron chi connectivity index (χ0n) is 13.7. The molecule has 1 aliphatic carbocycles. The summed E-state index contributed by atoms with van der Waals surface area (Å²) >= 11 is 0. The third kappa shape index (κ3) is 2.55. The van der Waals surface area contributed by atoms with Gasteiger partial charge in [-0.1, -0.05) is 12.1 Å². The zero-order chi connectivity index (χ0) is 16.0. The Labute approximate surface area is 136 Å². The maximum absolute atomic E-state index is 12.7. The summed E-state index contributed by atoms with van der Waals surface area (Å²) in [5, 5.41) is 1.05. The van der Waals surface area contributed by atoms with Gasteiger partial charge in [0, 0.05) is 43.0 Å². The summed E-state index contributed by atoms with van der Waals surface area (Å²) in [5.74, 6) is 1.22. The molecule has 23 heavy (non-hydrogen) atoms. The summed E-state index contributed by atoms with van der Waals surface area (Å²) < 4.78 is 11.2. The van der Waals surface area contributed by atoms with Gasteiger partial charge in [-0.25, -0.2) is 0 Å². The van der Waals surface area contributed by atoms with E-state index in [4.69, 9.17) is 9.15 Å². The van der Waals surface area contributed by atoms with Crippen LogP contribution in [-0.2, 0) is 16.0 Å². The lowest BCUT2D eigenvalue weighted by Gasteiger charge is -2.37. The van der Waals surface area contributed by atoms with E-state index in [-0.39, 0.29) is 5.91 Å². The number of carbonyl (C=O) groups is 1. The first-order chi connectivity index (χ1) is 11.2. The maximum atomic E-state index is 12.7. The Balaban J connectivity index is 1.50. The number of ether oxygens (including phenoxy) is 1. The number of rotatable bonds is 3. The van der Waals surface area contributed by atoms with Crippen LogP contribution in [-0.4, -0.2) is 37.1 Å². The molecule has 2 bridgehead atoms. The van der Waals surface area contributed by atoms with Crippen LogP contribution in [0.3, 0.4) is 0 Å². The Hall–Kier alpha value is -1.81. The Kier molecular flexibility index (Phi) is 3.64. The van der Waals surface area contributed by atoms with Crippen molar-refractivity contribution in [3.8, 4) is 0 Å². The number of furan rings is 1. The first-order valence-corrected chi connectivity index (χ1v) is 8.43. The van der Waals surface area contributed by atoms with Gasteiger partial charge in [0.1, 0.15) is 5.58 Å². The van der Waals surface area contributed by atoms with Gasteiger partial charge < -0.3 is 14.1 Å². The van der Waals surface area contributed by atoms with Crippen molar-refractivity contribution in [3.05, 3.63) is 35.6 Å². The minimum absolute atomic E-state index is 0.208. The number of aryl methyl sites for hydroxylation is 1. The van der Waals surface area contributed by atoms with Gasteiger partial charge in [-0.15, -0.1) is 0 Å². The monoisotopic (exact) mass is 313 g/mol.